The molecule has 3 heterocycles. The molecule has 6 heteroatoms. The first-order valence-electron chi connectivity index (χ1n) is 7.73. The van der Waals surface area contributed by atoms with Crippen LogP contribution >= 0.6 is 11.3 Å². The summed E-state index contributed by atoms with van der Waals surface area (Å²) < 4.78 is 1.78. The highest BCUT2D eigenvalue weighted by Crippen LogP contribution is 2.26. The van der Waals surface area contributed by atoms with Crippen molar-refractivity contribution in [3.05, 3.63) is 29.3 Å². The summed E-state index contributed by atoms with van der Waals surface area (Å²) in [6.07, 6.45) is 2.18. The topological polar surface area (TPSA) is 64.2 Å². The van der Waals surface area contributed by atoms with E-state index in [9.17, 15) is 4.79 Å². The fourth-order valence-electron chi connectivity index (χ4n) is 3.13. The van der Waals surface area contributed by atoms with Crippen molar-refractivity contribution < 1.29 is 4.79 Å². The molecule has 1 amide bonds. The highest BCUT2D eigenvalue weighted by Gasteiger charge is 2.33. The van der Waals surface area contributed by atoms with E-state index in [0.29, 0.717) is 18.2 Å². The van der Waals surface area contributed by atoms with Gasteiger partial charge in [0, 0.05) is 26.2 Å². The summed E-state index contributed by atoms with van der Waals surface area (Å²) in [6, 6.07) is 6.01. The Balaban J connectivity index is 1.78. The van der Waals surface area contributed by atoms with Crippen molar-refractivity contribution in [1.29, 1.82) is 0 Å². The van der Waals surface area contributed by atoms with Crippen molar-refractivity contribution >= 4 is 17.2 Å². The molecule has 2 atom stereocenters. The number of nitrogens with two attached hydrogens (primary N) is 1. The zero-order chi connectivity index (χ0) is 15.7. The molecule has 3 rings (SSSR count). The lowest BCUT2D eigenvalue weighted by Crippen LogP contribution is -2.32. The lowest BCUT2D eigenvalue weighted by Gasteiger charge is -2.14. The quantitative estimate of drug-likeness (QED) is 0.941. The Labute approximate surface area is 134 Å². The molecule has 118 valence electrons. The fourth-order valence-corrected chi connectivity index (χ4v) is 3.90. The average Bonchev–Trinajstić information content (AvgIpc) is 3.19. The number of hydrogen-bond acceptors (Lipinski definition) is 4. The predicted molar refractivity (Wildman–Crippen MR) is 88.8 cm³/mol. The van der Waals surface area contributed by atoms with Crippen LogP contribution in [0, 0.1) is 5.92 Å². The van der Waals surface area contributed by atoms with Gasteiger partial charge in [0.15, 0.2) is 5.69 Å². The third kappa shape index (κ3) is 2.80. The van der Waals surface area contributed by atoms with Gasteiger partial charge < -0.3 is 10.6 Å². The van der Waals surface area contributed by atoms with Gasteiger partial charge in [0.1, 0.15) is 0 Å². The Morgan fingerprint density at radius 2 is 2.32 bits per heavy atom. The molecule has 1 fully saturated rings. The van der Waals surface area contributed by atoms with Crippen LogP contribution < -0.4 is 5.73 Å². The Bertz CT molecular complexity index is 649. The molecule has 2 aromatic rings. The van der Waals surface area contributed by atoms with E-state index >= 15 is 0 Å². The minimum atomic E-state index is -0.00698. The molecule has 0 bridgehead atoms. The molecule has 0 unspecified atom stereocenters. The number of hydrogen-bond donors (Lipinski definition) is 1. The highest BCUT2D eigenvalue weighted by molar-refractivity contribution is 7.13. The summed E-state index contributed by atoms with van der Waals surface area (Å²) in [4.78, 5) is 15.6. The van der Waals surface area contributed by atoms with Gasteiger partial charge in [-0.05, 0) is 29.9 Å². The average molecular weight is 318 g/mol. The van der Waals surface area contributed by atoms with Gasteiger partial charge in [-0.2, -0.15) is 5.10 Å². The number of likely N-dealkylation sites (tertiary alicyclic amines) is 1. The first-order chi connectivity index (χ1) is 10.6. The first-order valence-corrected chi connectivity index (χ1v) is 8.61. The fraction of sp³-hybridized carbons (Fsp3) is 0.500. The number of aromatic nitrogens is 2. The predicted octanol–water partition coefficient (Wildman–Crippen LogP) is 2.35. The maximum atomic E-state index is 12.7. The van der Waals surface area contributed by atoms with Crippen molar-refractivity contribution in [2.75, 3.05) is 13.1 Å². The van der Waals surface area contributed by atoms with Gasteiger partial charge >= 0.3 is 0 Å². The van der Waals surface area contributed by atoms with E-state index in [1.807, 2.05) is 35.5 Å². The second-order valence-electron chi connectivity index (χ2n) is 5.94. The van der Waals surface area contributed by atoms with Crippen LogP contribution in [0.5, 0.6) is 0 Å². The number of thiophene rings is 1. The summed E-state index contributed by atoms with van der Waals surface area (Å²) in [7, 11) is 1.88. The second kappa shape index (κ2) is 6.22. The molecule has 0 aliphatic carbocycles. The minimum absolute atomic E-state index is 0.00698. The van der Waals surface area contributed by atoms with Crippen LogP contribution in [-0.4, -0.2) is 39.7 Å². The lowest BCUT2D eigenvalue weighted by molar-refractivity contribution is 0.0779. The van der Waals surface area contributed by atoms with E-state index in [0.717, 1.165) is 30.0 Å². The van der Waals surface area contributed by atoms with Gasteiger partial charge in [-0.1, -0.05) is 19.4 Å². The standard InChI is InChI=1S/C16H22N4OS/c1-3-5-11-9-20(10-12(11)17)16(21)13-8-14(19(2)18-13)15-6-4-7-22-15/h4,6-8,11-12H,3,5,9-10,17H2,1-2H3/t11-,12-/m1/s1. The van der Waals surface area contributed by atoms with E-state index in [4.69, 9.17) is 5.73 Å². The van der Waals surface area contributed by atoms with E-state index in [-0.39, 0.29) is 11.9 Å². The third-order valence-corrected chi connectivity index (χ3v) is 5.20. The number of aryl methyl sites for hydroxylation is 1. The van der Waals surface area contributed by atoms with Crippen molar-refractivity contribution in [2.24, 2.45) is 18.7 Å². The van der Waals surface area contributed by atoms with Crippen LogP contribution in [-0.2, 0) is 7.05 Å². The molecule has 1 saturated heterocycles. The highest BCUT2D eigenvalue weighted by atomic mass is 32.1. The van der Waals surface area contributed by atoms with Gasteiger partial charge in [0.2, 0.25) is 0 Å². The monoisotopic (exact) mass is 318 g/mol. The summed E-state index contributed by atoms with van der Waals surface area (Å²) >= 11 is 1.65. The summed E-state index contributed by atoms with van der Waals surface area (Å²) in [5, 5.41) is 6.42. The van der Waals surface area contributed by atoms with Crippen LogP contribution in [0.4, 0.5) is 0 Å². The van der Waals surface area contributed by atoms with Crippen LogP contribution in [0.2, 0.25) is 0 Å². The summed E-state index contributed by atoms with van der Waals surface area (Å²) in [5.41, 5.74) is 7.65. The molecular weight excluding hydrogens is 296 g/mol. The molecule has 5 nitrogen and oxygen atoms in total. The van der Waals surface area contributed by atoms with Gasteiger partial charge in [-0.3, -0.25) is 9.48 Å². The van der Waals surface area contributed by atoms with Crippen LogP contribution in [0.3, 0.4) is 0 Å². The molecule has 0 aromatic carbocycles. The SMILES string of the molecule is CCC[C@@H]1CN(C(=O)c2cc(-c3cccs3)n(C)n2)C[C@H]1N. The largest absolute Gasteiger partial charge is 0.335 e. The molecular formula is C16H22N4OS. The summed E-state index contributed by atoms with van der Waals surface area (Å²) in [5.74, 6) is 0.405. The molecule has 0 spiro atoms. The van der Waals surface area contributed by atoms with Crippen LogP contribution in [0.1, 0.15) is 30.3 Å². The zero-order valence-corrected chi connectivity index (χ0v) is 13.8. The maximum Gasteiger partial charge on any atom is 0.274 e. The minimum Gasteiger partial charge on any atom is -0.335 e. The maximum absolute atomic E-state index is 12.7. The Morgan fingerprint density at radius 1 is 1.50 bits per heavy atom. The van der Waals surface area contributed by atoms with Crippen LogP contribution in [0.25, 0.3) is 10.6 Å². The molecule has 2 N–H and O–H groups in total. The molecule has 1 aliphatic heterocycles. The number of carbonyl (C=O) groups is 1. The second-order valence-corrected chi connectivity index (χ2v) is 6.89. The van der Waals surface area contributed by atoms with Crippen molar-refractivity contribution in [1.82, 2.24) is 14.7 Å². The van der Waals surface area contributed by atoms with Gasteiger partial charge in [-0.15, -0.1) is 11.3 Å². The van der Waals surface area contributed by atoms with Crippen molar-refractivity contribution in [2.45, 2.75) is 25.8 Å². The number of rotatable bonds is 4. The molecule has 0 saturated carbocycles. The normalized spacial score (nSPS) is 21.5. The number of carbonyl (C=O) groups excluding carboxylic acids is 1. The van der Waals surface area contributed by atoms with Crippen molar-refractivity contribution in [3.63, 3.8) is 0 Å². The number of nitrogens with zero attached hydrogens (tertiary/aromatic N) is 3. The zero-order valence-electron chi connectivity index (χ0n) is 13.0. The molecule has 2 aromatic heterocycles. The van der Waals surface area contributed by atoms with E-state index < -0.39 is 0 Å². The Kier molecular flexibility index (Phi) is 4.31. The Hall–Kier alpha value is -1.66. The lowest BCUT2D eigenvalue weighted by atomic mass is 9.99. The molecule has 22 heavy (non-hydrogen) atoms. The third-order valence-electron chi connectivity index (χ3n) is 4.31. The van der Waals surface area contributed by atoms with E-state index in [2.05, 4.69) is 12.0 Å². The van der Waals surface area contributed by atoms with Crippen LogP contribution in [0.15, 0.2) is 23.6 Å². The van der Waals surface area contributed by atoms with E-state index in [1.165, 1.54) is 0 Å². The Morgan fingerprint density at radius 3 is 3.00 bits per heavy atom. The molecule has 1 aliphatic rings. The van der Waals surface area contributed by atoms with Gasteiger partial charge in [0.25, 0.3) is 5.91 Å². The number of amides is 1. The smallest absolute Gasteiger partial charge is 0.274 e. The summed E-state index contributed by atoms with van der Waals surface area (Å²) in [6.45, 7) is 3.54. The first kappa shape index (κ1) is 15.2. The van der Waals surface area contributed by atoms with E-state index in [1.54, 1.807) is 16.0 Å². The van der Waals surface area contributed by atoms with Gasteiger partial charge in [0.05, 0.1) is 10.6 Å². The van der Waals surface area contributed by atoms with Gasteiger partial charge in [-0.25, -0.2) is 0 Å². The molecule has 0 radical (unpaired) electrons. The van der Waals surface area contributed by atoms with Crippen molar-refractivity contribution in [3.8, 4) is 10.6 Å².